The number of aliphatic carboxylic acids is 3. The molecule has 0 amide bonds. The van der Waals surface area contributed by atoms with Crippen LogP contribution in [0.4, 0.5) is 0 Å². The Morgan fingerprint density at radius 1 is 1.00 bits per heavy atom. The summed E-state index contributed by atoms with van der Waals surface area (Å²) in [5.74, 6) is -6.71. The van der Waals surface area contributed by atoms with Crippen LogP contribution in [0, 0.1) is 5.92 Å². The molecule has 14 heavy (non-hydrogen) atoms. The summed E-state index contributed by atoms with van der Waals surface area (Å²) >= 11 is 0. The number of carboxylic acids is 3. The predicted molar refractivity (Wildman–Crippen MR) is 45.6 cm³/mol. The lowest BCUT2D eigenvalue weighted by atomic mass is 9.99. The molecule has 7 nitrogen and oxygen atoms in total. The summed E-state index contributed by atoms with van der Waals surface area (Å²) in [5, 5.41) is 33.5. The lowest BCUT2D eigenvalue weighted by molar-refractivity contribution is -0.162. The Labute approximate surface area is 94.5 Å². The molecule has 0 saturated carbocycles. The molecule has 0 spiro atoms. The van der Waals surface area contributed by atoms with Crippen LogP contribution in [0.25, 0.3) is 0 Å². The molecule has 0 saturated heterocycles. The zero-order valence-electron chi connectivity index (χ0n) is 6.38. The summed E-state index contributed by atoms with van der Waals surface area (Å²) in [4.78, 5) is 30.5. The van der Waals surface area contributed by atoms with Gasteiger partial charge in [0.05, 0.1) is 6.42 Å². The average Bonchev–Trinajstić information content (AvgIpc) is 1.97. The van der Waals surface area contributed by atoms with Crippen molar-refractivity contribution in [1.82, 2.24) is 0 Å². The molecule has 0 aliphatic heterocycles. The molecule has 0 aliphatic carbocycles. The molecule has 2 atom stereocenters. The lowest BCUT2D eigenvalue weighted by Gasteiger charge is -2.12. The van der Waals surface area contributed by atoms with Crippen molar-refractivity contribution in [3.05, 3.63) is 0 Å². The average molecular weight is 218 g/mol. The largest absolute Gasteiger partial charge is 0.481 e. The summed E-state index contributed by atoms with van der Waals surface area (Å²) in [6.07, 6.45) is -3.13. The monoisotopic (exact) mass is 218 g/mol. The number of hydrogen-bond acceptors (Lipinski definition) is 4. The SMILES string of the molecule is O=C(O)CC(C(=O)O)C(O)C(=O)O.[MgH2]. The molecule has 0 bridgehead atoms. The van der Waals surface area contributed by atoms with E-state index in [0.29, 0.717) is 0 Å². The van der Waals surface area contributed by atoms with Gasteiger partial charge in [-0.1, -0.05) is 0 Å². The summed E-state index contributed by atoms with van der Waals surface area (Å²) in [7, 11) is 0. The molecule has 78 valence electrons. The van der Waals surface area contributed by atoms with E-state index in [4.69, 9.17) is 20.4 Å². The van der Waals surface area contributed by atoms with Crippen molar-refractivity contribution >= 4 is 41.0 Å². The third-order valence-corrected chi connectivity index (χ3v) is 1.35. The minimum atomic E-state index is -2.20. The van der Waals surface area contributed by atoms with E-state index in [1.807, 2.05) is 0 Å². The van der Waals surface area contributed by atoms with Gasteiger partial charge in [-0.2, -0.15) is 0 Å². The summed E-state index contributed by atoms with van der Waals surface area (Å²) < 4.78 is 0. The van der Waals surface area contributed by atoms with Gasteiger partial charge in [0.25, 0.3) is 0 Å². The first-order valence-corrected chi connectivity index (χ1v) is 3.21. The van der Waals surface area contributed by atoms with Gasteiger partial charge in [0.1, 0.15) is 5.92 Å². The number of aliphatic hydroxyl groups is 1. The van der Waals surface area contributed by atoms with Gasteiger partial charge < -0.3 is 20.4 Å². The van der Waals surface area contributed by atoms with E-state index in [1.165, 1.54) is 0 Å². The molecule has 4 N–H and O–H groups in total. The molecular weight excluding hydrogens is 208 g/mol. The van der Waals surface area contributed by atoms with Crippen LogP contribution in [0.1, 0.15) is 6.42 Å². The Morgan fingerprint density at radius 2 is 1.43 bits per heavy atom. The number of aliphatic hydroxyl groups excluding tert-OH is 1. The van der Waals surface area contributed by atoms with Crippen LogP contribution in [0.5, 0.6) is 0 Å². The first-order valence-electron chi connectivity index (χ1n) is 3.21. The van der Waals surface area contributed by atoms with Crippen molar-refractivity contribution in [3.8, 4) is 0 Å². The highest BCUT2D eigenvalue weighted by atomic mass is 24.3. The second kappa shape index (κ2) is 6.57. The van der Waals surface area contributed by atoms with Crippen molar-refractivity contribution in [2.75, 3.05) is 0 Å². The molecule has 0 fully saturated rings. The Balaban J connectivity index is 0. The molecule has 0 heterocycles. The van der Waals surface area contributed by atoms with Gasteiger partial charge in [-0.3, -0.25) is 9.59 Å². The van der Waals surface area contributed by atoms with E-state index in [-0.39, 0.29) is 23.1 Å². The molecule has 0 radical (unpaired) electrons. The zero-order valence-corrected chi connectivity index (χ0v) is 6.38. The maximum Gasteiger partial charge on any atom is 0.333 e. The summed E-state index contributed by atoms with van der Waals surface area (Å²) in [5.41, 5.74) is 0. The first-order chi connectivity index (χ1) is 5.86. The van der Waals surface area contributed by atoms with E-state index in [9.17, 15) is 14.4 Å². The van der Waals surface area contributed by atoms with Gasteiger partial charge in [0.15, 0.2) is 6.10 Å². The first kappa shape index (κ1) is 15.6. The fourth-order valence-electron chi connectivity index (χ4n) is 0.694. The number of carboxylic acid groups (broad SMARTS) is 3. The maximum absolute atomic E-state index is 10.3. The number of rotatable bonds is 5. The van der Waals surface area contributed by atoms with Gasteiger partial charge in [0.2, 0.25) is 0 Å². The number of hydrogen-bond donors (Lipinski definition) is 4. The van der Waals surface area contributed by atoms with Crippen LogP contribution < -0.4 is 0 Å². The van der Waals surface area contributed by atoms with E-state index in [1.54, 1.807) is 0 Å². The molecule has 0 aromatic rings. The molecule has 2 unspecified atom stereocenters. The van der Waals surface area contributed by atoms with E-state index in [2.05, 4.69) is 0 Å². The van der Waals surface area contributed by atoms with Crippen molar-refractivity contribution in [3.63, 3.8) is 0 Å². The van der Waals surface area contributed by atoms with Crippen LogP contribution in [0.15, 0.2) is 0 Å². The van der Waals surface area contributed by atoms with Gasteiger partial charge in [-0.25, -0.2) is 4.79 Å². The molecule has 0 aromatic heterocycles. The topological polar surface area (TPSA) is 132 Å². The van der Waals surface area contributed by atoms with Gasteiger partial charge in [-0.05, 0) is 0 Å². The molecule has 0 rings (SSSR count). The highest BCUT2D eigenvalue weighted by molar-refractivity contribution is 5.85. The van der Waals surface area contributed by atoms with E-state index < -0.39 is 36.4 Å². The summed E-state index contributed by atoms with van der Waals surface area (Å²) in [6, 6.07) is 0. The highest BCUT2D eigenvalue weighted by Crippen LogP contribution is 2.09. The van der Waals surface area contributed by atoms with Crippen molar-refractivity contribution in [1.29, 1.82) is 0 Å². The zero-order chi connectivity index (χ0) is 10.6. The quantitative estimate of drug-likeness (QED) is 0.381. The van der Waals surface area contributed by atoms with E-state index >= 15 is 0 Å². The van der Waals surface area contributed by atoms with Crippen molar-refractivity contribution in [2.24, 2.45) is 5.92 Å². The smallest absolute Gasteiger partial charge is 0.333 e. The van der Waals surface area contributed by atoms with Gasteiger partial charge in [0, 0.05) is 0 Å². The van der Waals surface area contributed by atoms with Crippen molar-refractivity contribution in [2.45, 2.75) is 12.5 Å². The molecular formula is C6H10MgO7. The molecule has 8 heteroatoms. The summed E-state index contributed by atoms with van der Waals surface area (Å²) in [6.45, 7) is 0. The minimum Gasteiger partial charge on any atom is -0.481 e. The minimum absolute atomic E-state index is 0. The van der Waals surface area contributed by atoms with Gasteiger partial charge in [-0.15, -0.1) is 0 Å². The van der Waals surface area contributed by atoms with Gasteiger partial charge >= 0.3 is 41.0 Å². The molecule has 0 aliphatic rings. The maximum atomic E-state index is 10.3. The van der Waals surface area contributed by atoms with E-state index in [0.717, 1.165) is 0 Å². The number of carbonyl (C=O) groups is 3. The van der Waals surface area contributed by atoms with Crippen LogP contribution in [0.3, 0.4) is 0 Å². The third-order valence-electron chi connectivity index (χ3n) is 1.35. The second-order valence-electron chi connectivity index (χ2n) is 2.33. The fourth-order valence-corrected chi connectivity index (χ4v) is 0.694. The Bertz CT molecular complexity index is 238. The standard InChI is InChI=1S/C6H8O7.Mg.2H/c7-3(8)1-2(5(10)11)4(9)6(12)13;;;/h2,4,9H,1H2,(H,7,8)(H,10,11)(H,12,13);;;. The second-order valence-corrected chi connectivity index (χ2v) is 2.33. The lowest BCUT2D eigenvalue weighted by Crippen LogP contribution is -2.36. The fraction of sp³-hybridized carbons (Fsp3) is 0.500. The van der Waals surface area contributed by atoms with Crippen molar-refractivity contribution < 1.29 is 34.8 Å². The Kier molecular flexibility index (Phi) is 7.32. The van der Waals surface area contributed by atoms with Crippen LogP contribution in [-0.2, 0) is 14.4 Å². The van der Waals surface area contributed by atoms with Crippen LogP contribution >= 0.6 is 0 Å². The highest BCUT2D eigenvalue weighted by Gasteiger charge is 2.33. The van der Waals surface area contributed by atoms with Crippen LogP contribution in [0.2, 0.25) is 0 Å². The van der Waals surface area contributed by atoms with Crippen LogP contribution in [-0.4, -0.2) is 67.5 Å². The Morgan fingerprint density at radius 3 is 1.64 bits per heavy atom. The predicted octanol–water partition coefficient (Wildman–Crippen LogP) is -2.31. The third kappa shape index (κ3) is 4.99. The normalized spacial score (nSPS) is 13.5. The molecule has 0 aromatic carbocycles. The Hall–Kier alpha value is -0.864.